The topological polar surface area (TPSA) is 67.6 Å². The molecule has 21 heavy (non-hydrogen) atoms. The van der Waals surface area contributed by atoms with Gasteiger partial charge in [0.25, 0.3) is 0 Å². The van der Waals surface area contributed by atoms with Crippen LogP contribution in [0.5, 0.6) is 0 Å². The maximum atomic E-state index is 11.7. The highest BCUT2D eigenvalue weighted by atomic mass is 16.5. The molecule has 1 heterocycles. The van der Waals surface area contributed by atoms with E-state index in [0.29, 0.717) is 25.8 Å². The van der Waals surface area contributed by atoms with Crippen LogP contribution < -0.4 is 16.0 Å². The zero-order valence-corrected chi connectivity index (χ0v) is 13.1. The van der Waals surface area contributed by atoms with Crippen LogP contribution in [0, 0.1) is 6.92 Å². The van der Waals surface area contributed by atoms with E-state index in [1.165, 1.54) is 11.1 Å². The number of primary amides is 1. The van der Waals surface area contributed by atoms with E-state index in [2.05, 4.69) is 49.2 Å². The second kappa shape index (κ2) is 6.91. The summed E-state index contributed by atoms with van der Waals surface area (Å²) in [7, 11) is 0. The van der Waals surface area contributed by atoms with Gasteiger partial charge >= 0.3 is 0 Å². The number of rotatable bonds is 5. The Morgan fingerprint density at radius 2 is 2.29 bits per heavy atom. The summed E-state index contributed by atoms with van der Waals surface area (Å²) in [6.07, 6.45) is 0. The number of benzene rings is 1. The van der Waals surface area contributed by atoms with Gasteiger partial charge in [-0.1, -0.05) is 31.5 Å². The lowest BCUT2D eigenvalue weighted by molar-refractivity contribution is -0.121. The Kier molecular flexibility index (Phi) is 5.20. The zero-order chi connectivity index (χ0) is 15.4. The summed E-state index contributed by atoms with van der Waals surface area (Å²) in [5, 5.41) is 3.44. The molecule has 1 aromatic carbocycles. The Morgan fingerprint density at radius 3 is 2.95 bits per heavy atom. The number of hydrogen-bond acceptors (Lipinski definition) is 4. The summed E-state index contributed by atoms with van der Waals surface area (Å²) >= 11 is 0. The first kappa shape index (κ1) is 15.8. The summed E-state index contributed by atoms with van der Waals surface area (Å²) in [4.78, 5) is 13.7. The molecule has 0 spiro atoms. The highest BCUT2D eigenvalue weighted by Crippen LogP contribution is 2.25. The van der Waals surface area contributed by atoms with E-state index in [-0.39, 0.29) is 11.9 Å². The van der Waals surface area contributed by atoms with E-state index in [9.17, 15) is 4.79 Å². The molecular weight excluding hydrogens is 266 g/mol. The van der Waals surface area contributed by atoms with Gasteiger partial charge in [0.15, 0.2) is 0 Å². The van der Waals surface area contributed by atoms with Crippen molar-refractivity contribution in [2.24, 2.45) is 5.73 Å². The van der Waals surface area contributed by atoms with Crippen LogP contribution in [0.1, 0.15) is 25.0 Å². The van der Waals surface area contributed by atoms with Gasteiger partial charge in [-0.05, 0) is 18.6 Å². The molecular formula is C16H25N3O2. The predicted octanol–water partition coefficient (Wildman–Crippen LogP) is 1.18. The lowest BCUT2D eigenvalue weighted by Crippen LogP contribution is -2.53. The molecule has 0 bridgehead atoms. The van der Waals surface area contributed by atoms with Crippen LogP contribution in [0.3, 0.4) is 0 Å². The molecule has 0 aromatic heterocycles. The second-order valence-corrected chi connectivity index (χ2v) is 5.85. The predicted molar refractivity (Wildman–Crippen MR) is 84.3 cm³/mol. The Bertz CT molecular complexity index is 502. The van der Waals surface area contributed by atoms with Crippen LogP contribution in [0.25, 0.3) is 0 Å². The first-order chi connectivity index (χ1) is 9.99. The number of morpholine rings is 1. The molecule has 1 aliphatic rings. The Balaban J connectivity index is 2.29. The van der Waals surface area contributed by atoms with Gasteiger partial charge in [-0.15, -0.1) is 0 Å². The fourth-order valence-electron chi connectivity index (χ4n) is 2.58. The van der Waals surface area contributed by atoms with Gasteiger partial charge in [-0.25, -0.2) is 0 Å². The lowest BCUT2D eigenvalue weighted by atomic mass is 10.1. The molecule has 116 valence electrons. The quantitative estimate of drug-likeness (QED) is 0.855. The molecule has 3 N–H and O–H groups in total. The van der Waals surface area contributed by atoms with E-state index in [4.69, 9.17) is 10.5 Å². The van der Waals surface area contributed by atoms with Crippen molar-refractivity contribution < 1.29 is 9.53 Å². The number of aryl methyl sites for hydroxylation is 1. The number of carbonyl (C=O) groups is 1. The first-order valence-electron chi connectivity index (χ1n) is 7.45. The van der Waals surface area contributed by atoms with Gasteiger partial charge in [0.1, 0.15) is 6.04 Å². The number of amides is 1. The summed E-state index contributed by atoms with van der Waals surface area (Å²) in [6.45, 7) is 8.76. The van der Waals surface area contributed by atoms with Crippen LogP contribution >= 0.6 is 0 Å². The van der Waals surface area contributed by atoms with Crippen molar-refractivity contribution in [1.82, 2.24) is 5.32 Å². The summed E-state index contributed by atoms with van der Waals surface area (Å²) in [6, 6.07) is 6.34. The molecule has 1 aromatic rings. The number of nitrogens with zero attached hydrogens (tertiary/aromatic N) is 1. The molecule has 1 amide bonds. The summed E-state index contributed by atoms with van der Waals surface area (Å²) in [5.74, 6) is -0.335. The Morgan fingerprint density at radius 1 is 1.52 bits per heavy atom. The van der Waals surface area contributed by atoms with Crippen molar-refractivity contribution in [3.63, 3.8) is 0 Å². The second-order valence-electron chi connectivity index (χ2n) is 5.85. The van der Waals surface area contributed by atoms with Gasteiger partial charge in [-0.3, -0.25) is 4.79 Å². The van der Waals surface area contributed by atoms with Gasteiger partial charge in [-0.2, -0.15) is 0 Å². The number of anilines is 1. The third-order valence-electron chi connectivity index (χ3n) is 3.70. The highest BCUT2D eigenvalue weighted by Gasteiger charge is 2.29. The first-order valence-corrected chi connectivity index (χ1v) is 7.45. The minimum absolute atomic E-state index is 0.335. The van der Waals surface area contributed by atoms with E-state index in [1.807, 2.05) is 0 Å². The molecule has 0 radical (unpaired) electrons. The fraction of sp³-hybridized carbons (Fsp3) is 0.562. The number of ether oxygens (including phenoxy) is 1. The van der Waals surface area contributed by atoms with E-state index < -0.39 is 0 Å². The van der Waals surface area contributed by atoms with E-state index >= 15 is 0 Å². The lowest BCUT2D eigenvalue weighted by Gasteiger charge is -2.36. The smallest absolute Gasteiger partial charge is 0.242 e. The van der Waals surface area contributed by atoms with Crippen molar-refractivity contribution >= 4 is 11.6 Å². The molecule has 2 rings (SSSR count). The van der Waals surface area contributed by atoms with Gasteiger partial charge in [0.2, 0.25) is 5.91 Å². The number of nitrogens with two attached hydrogens (primary N) is 1. The average molecular weight is 291 g/mol. The third-order valence-corrected chi connectivity index (χ3v) is 3.70. The largest absolute Gasteiger partial charge is 0.377 e. The molecule has 1 unspecified atom stereocenters. The molecule has 0 aliphatic carbocycles. The highest BCUT2D eigenvalue weighted by molar-refractivity contribution is 5.84. The maximum Gasteiger partial charge on any atom is 0.242 e. The van der Waals surface area contributed by atoms with Gasteiger partial charge in [0, 0.05) is 24.8 Å². The molecule has 1 saturated heterocycles. The molecule has 1 aliphatic heterocycles. The zero-order valence-electron chi connectivity index (χ0n) is 13.1. The standard InChI is InChI=1S/C16H25N3O2/c1-11(2)18-9-13-8-12(3)4-5-14(13)19-6-7-21-10-15(19)16(17)20/h4-5,8,11,15,18H,6-7,9-10H2,1-3H3,(H2,17,20). The fourth-order valence-corrected chi connectivity index (χ4v) is 2.58. The third kappa shape index (κ3) is 3.95. The maximum absolute atomic E-state index is 11.7. The minimum atomic E-state index is -0.390. The van der Waals surface area contributed by atoms with Crippen molar-refractivity contribution in [2.45, 2.75) is 39.4 Å². The minimum Gasteiger partial charge on any atom is -0.377 e. The number of carbonyl (C=O) groups excluding carboxylic acids is 1. The molecule has 0 saturated carbocycles. The molecule has 5 nitrogen and oxygen atoms in total. The van der Waals surface area contributed by atoms with Crippen LogP contribution in [0.15, 0.2) is 18.2 Å². The van der Waals surface area contributed by atoms with E-state index in [0.717, 1.165) is 12.2 Å². The monoisotopic (exact) mass is 291 g/mol. The van der Waals surface area contributed by atoms with E-state index in [1.54, 1.807) is 0 Å². The Hall–Kier alpha value is -1.59. The number of hydrogen-bond donors (Lipinski definition) is 2. The van der Waals surface area contributed by atoms with Crippen LogP contribution in [0.4, 0.5) is 5.69 Å². The van der Waals surface area contributed by atoms with Crippen LogP contribution in [0.2, 0.25) is 0 Å². The Labute approximate surface area is 126 Å². The normalized spacial score (nSPS) is 19.0. The van der Waals surface area contributed by atoms with Crippen molar-refractivity contribution in [1.29, 1.82) is 0 Å². The van der Waals surface area contributed by atoms with Crippen molar-refractivity contribution in [3.05, 3.63) is 29.3 Å². The van der Waals surface area contributed by atoms with Crippen LogP contribution in [-0.4, -0.2) is 37.7 Å². The van der Waals surface area contributed by atoms with Gasteiger partial charge < -0.3 is 20.7 Å². The summed E-state index contributed by atoms with van der Waals surface area (Å²) < 4.78 is 5.40. The van der Waals surface area contributed by atoms with Crippen molar-refractivity contribution in [3.8, 4) is 0 Å². The SMILES string of the molecule is Cc1ccc(N2CCOCC2C(N)=O)c(CNC(C)C)c1. The summed E-state index contributed by atoms with van der Waals surface area (Å²) in [5.41, 5.74) is 8.99. The van der Waals surface area contributed by atoms with Crippen LogP contribution in [-0.2, 0) is 16.1 Å². The molecule has 1 atom stereocenters. The number of nitrogens with one attached hydrogen (secondary N) is 1. The van der Waals surface area contributed by atoms with Gasteiger partial charge in [0.05, 0.1) is 13.2 Å². The molecule has 1 fully saturated rings. The van der Waals surface area contributed by atoms with Crippen molar-refractivity contribution in [2.75, 3.05) is 24.7 Å². The molecule has 5 heteroatoms. The average Bonchev–Trinajstić information content (AvgIpc) is 2.45.